The molecule has 2 N–H and O–H groups in total. The number of nitrogens with one attached hydrogen (secondary N) is 2. The number of nitrogens with zero attached hydrogens (tertiary/aromatic N) is 1. The minimum Gasteiger partial charge on any atom is -0.455 e. The SMILES string of the molecule is O=C(C[C@@H](NC(=O)c1ccccc1)c1ccccc1)N/N=C\c1ccc(-c2cc(Cl)ccc2Cl)o1. The van der Waals surface area contributed by atoms with Gasteiger partial charge in [0.25, 0.3) is 5.91 Å². The molecule has 1 heterocycles. The third-order valence-corrected chi connectivity index (χ3v) is 5.70. The molecule has 3 aromatic carbocycles. The van der Waals surface area contributed by atoms with Crippen molar-refractivity contribution >= 4 is 41.2 Å². The van der Waals surface area contributed by atoms with E-state index in [4.69, 9.17) is 27.6 Å². The highest BCUT2D eigenvalue weighted by molar-refractivity contribution is 6.35. The number of furan rings is 1. The average molecular weight is 506 g/mol. The van der Waals surface area contributed by atoms with Crippen molar-refractivity contribution in [3.8, 4) is 11.3 Å². The number of halogens is 2. The molecule has 4 aromatic rings. The van der Waals surface area contributed by atoms with E-state index in [-0.39, 0.29) is 18.2 Å². The summed E-state index contributed by atoms with van der Waals surface area (Å²) in [5.41, 5.74) is 4.47. The summed E-state index contributed by atoms with van der Waals surface area (Å²) in [5, 5.41) is 7.95. The third-order valence-electron chi connectivity index (χ3n) is 5.13. The summed E-state index contributed by atoms with van der Waals surface area (Å²) in [7, 11) is 0. The highest BCUT2D eigenvalue weighted by Crippen LogP contribution is 2.31. The van der Waals surface area contributed by atoms with Gasteiger partial charge < -0.3 is 9.73 Å². The van der Waals surface area contributed by atoms with Gasteiger partial charge in [-0.2, -0.15) is 5.10 Å². The monoisotopic (exact) mass is 505 g/mol. The maximum Gasteiger partial charge on any atom is 0.251 e. The van der Waals surface area contributed by atoms with Crippen molar-refractivity contribution in [2.45, 2.75) is 12.5 Å². The lowest BCUT2D eigenvalue weighted by Gasteiger charge is -2.18. The lowest BCUT2D eigenvalue weighted by atomic mass is 10.0. The number of benzene rings is 3. The molecule has 0 aliphatic rings. The molecule has 35 heavy (non-hydrogen) atoms. The van der Waals surface area contributed by atoms with Crippen LogP contribution in [0.1, 0.15) is 34.1 Å². The van der Waals surface area contributed by atoms with E-state index in [1.165, 1.54) is 6.21 Å². The first-order valence-electron chi connectivity index (χ1n) is 10.8. The first-order valence-corrected chi connectivity index (χ1v) is 11.5. The van der Waals surface area contributed by atoms with Crippen LogP contribution in [0, 0.1) is 0 Å². The van der Waals surface area contributed by atoms with Gasteiger partial charge in [-0.25, -0.2) is 5.43 Å². The summed E-state index contributed by atoms with van der Waals surface area (Å²) in [4.78, 5) is 25.3. The van der Waals surface area contributed by atoms with Gasteiger partial charge in [0.1, 0.15) is 11.5 Å². The molecule has 1 atom stereocenters. The van der Waals surface area contributed by atoms with Crippen LogP contribution in [0.25, 0.3) is 11.3 Å². The van der Waals surface area contributed by atoms with Gasteiger partial charge in [-0.05, 0) is 48.0 Å². The van der Waals surface area contributed by atoms with Crippen molar-refractivity contribution in [3.05, 3.63) is 118 Å². The van der Waals surface area contributed by atoms with Crippen molar-refractivity contribution in [1.29, 1.82) is 0 Å². The normalized spacial score (nSPS) is 11.8. The second-order valence-corrected chi connectivity index (χ2v) is 8.47. The van der Waals surface area contributed by atoms with Crippen LogP contribution in [-0.4, -0.2) is 18.0 Å². The molecule has 0 bridgehead atoms. The zero-order valence-electron chi connectivity index (χ0n) is 18.4. The van der Waals surface area contributed by atoms with Crippen LogP contribution in [0.4, 0.5) is 0 Å². The lowest BCUT2D eigenvalue weighted by molar-refractivity contribution is -0.121. The van der Waals surface area contributed by atoms with Gasteiger partial charge in [-0.15, -0.1) is 0 Å². The van der Waals surface area contributed by atoms with Gasteiger partial charge in [-0.3, -0.25) is 9.59 Å². The summed E-state index contributed by atoms with van der Waals surface area (Å²) in [5.74, 6) is 0.318. The van der Waals surface area contributed by atoms with E-state index in [0.29, 0.717) is 32.7 Å². The number of hydrogen-bond donors (Lipinski definition) is 2. The molecule has 0 saturated heterocycles. The molecule has 0 spiro atoms. The minimum absolute atomic E-state index is 0.00144. The van der Waals surface area contributed by atoms with Crippen LogP contribution in [0.3, 0.4) is 0 Å². The quantitative estimate of drug-likeness (QED) is 0.218. The fourth-order valence-corrected chi connectivity index (χ4v) is 3.80. The second kappa shape index (κ2) is 11.5. The Hall–Kier alpha value is -3.87. The number of hydrogen-bond acceptors (Lipinski definition) is 4. The minimum atomic E-state index is -0.528. The molecule has 176 valence electrons. The van der Waals surface area contributed by atoms with Crippen molar-refractivity contribution in [1.82, 2.24) is 10.7 Å². The zero-order valence-corrected chi connectivity index (χ0v) is 20.0. The molecular weight excluding hydrogens is 485 g/mol. The highest BCUT2D eigenvalue weighted by atomic mass is 35.5. The number of carbonyl (C=O) groups is 2. The van der Waals surface area contributed by atoms with Crippen LogP contribution in [0.5, 0.6) is 0 Å². The summed E-state index contributed by atoms with van der Waals surface area (Å²) in [6, 6.07) is 26.2. The van der Waals surface area contributed by atoms with Crippen molar-refractivity contribution < 1.29 is 14.0 Å². The Kier molecular flexibility index (Phi) is 7.98. The highest BCUT2D eigenvalue weighted by Gasteiger charge is 2.19. The third kappa shape index (κ3) is 6.59. The average Bonchev–Trinajstić information content (AvgIpc) is 3.35. The zero-order chi connectivity index (χ0) is 24.6. The summed E-state index contributed by atoms with van der Waals surface area (Å²) in [6.07, 6.45) is 1.39. The number of carbonyl (C=O) groups excluding carboxylic acids is 2. The Morgan fingerprint density at radius 1 is 0.914 bits per heavy atom. The van der Waals surface area contributed by atoms with E-state index >= 15 is 0 Å². The standard InChI is InChI=1S/C27H21Cl2N3O3/c28-20-11-13-23(29)22(15-20)25-14-12-21(35-25)17-30-32-26(33)16-24(18-7-3-1-4-8-18)31-27(34)19-9-5-2-6-10-19/h1-15,17,24H,16H2,(H,31,34)(H,32,33)/b30-17-/t24-/m1/s1. The van der Waals surface area contributed by atoms with E-state index in [1.807, 2.05) is 36.4 Å². The van der Waals surface area contributed by atoms with Crippen LogP contribution < -0.4 is 10.7 Å². The van der Waals surface area contributed by atoms with Gasteiger partial charge in [0.15, 0.2) is 0 Å². The van der Waals surface area contributed by atoms with Gasteiger partial charge in [-0.1, -0.05) is 71.7 Å². The van der Waals surface area contributed by atoms with E-state index in [1.54, 1.807) is 54.6 Å². The van der Waals surface area contributed by atoms with Crippen molar-refractivity contribution in [3.63, 3.8) is 0 Å². The predicted molar refractivity (Wildman–Crippen MR) is 138 cm³/mol. The summed E-state index contributed by atoms with van der Waals surface area (Å²) < 4.78 is 5.74. The number of rotatable bonds is 8. The largest absolute Gasteiger partial charge is 0.455 e. The van der Waals surface area contributed by atoms with E-state index in [9.17, 15) is 9.59 Å². The Morgan fingerprint density at radius 2 is 1.63 bits per heavy atom. The molecule has 0 aliphatic heterocycles. The molecular formula is C27H21Cl2N3O3. The summed E-state index contributed by atoms with van der Waals surface area (Å²) >= 11 is 12.3. The topological polar surface area (TPSA) is 83.7 Å². The molecule has 0 unspecified atom stereocenters. The second-order valence-electron chi connectivity index (χ2n) is 7.63. The van der Waals surface area contributed by atoms with Crippen LogP contribution in [0.2, 0.25) is 10.0 Å². The fourth-order valence-electron chi connectivity index (χ4n) is 3.42. The van der Waals surface area contributed by atoms with Crippen molar-refractivity contribution in [2.75, 3.05) is 0 Å². The molecule has 8 heteroatoms. The molecule has 0 saturated carbocycles. The summed E-state index contributed by atoms with van der Waals surface area (Å²) in [6.45, 7) is 0. The fraction of sp³-hybridized carbons (Fsp3) is 0.0741. The maximum atomic E-state index is 12.7. The molecule has 1 aromatic heterocycles. The van der Waals surface area contributed by atoms with Crippen LogP contribution in [-0.2, 0) is 4.79 Å². The molecule has 0 aliphatic carbocycles. The van der Waals surface area contributed by atoms with Crippen molar-refractivity contribution in [2.24, 2.45) is 5.10 Å². The van der Waals surface area contributed by atoms with E-state index < -0.39 is 6.04 Å². The Balaban J connectivity index is 1.40. The molecule has 2 amide bonds. The Morgan fingerprint density at radius 3 is 2.37 bits per heavy atom. The lowest BCUT2D eigenvalue weighted by Crippen LogP contribution is -2.32. The van der Waals surface area contributed by atoms with Gasteiger partial charge >= 0.3 is 0 Å². The Labute approximate surface area is 212 Å². The van der Waals surface area contributed by atoms with Gasteiger partial charge in [0, 0.05) is 16.1 Å². The molecule has 0 fully saturated rings. The van der Waals surface area contributed by atoms with Gasteiger partial charge in [0.2, 0.25) is 5.91 Å². The number of hydrazone groups is 1. The first kappa shape index (κ1) is 24.3. The molecule has 6 nitrogen and oxygen atoms in total. The van der Waals surface area contributed by atoms with Crippen LogP contribution >= 0.6 is 23.2 Å². The maximum absolute atomic E-state index is 12.7. The van der Waals surface area contributed by atoms with Crippen LogP contribution in [0.15, 0.2) is 101 Å². The first-order chi connectivity index (χ1) is 17.0. The Bertz CT molecular complexity index is 1340. The van der Waals surface area contributed by atoms with E-state index in [2.05, 4.69) is 15.8 Å². The number of amides is 2. The predicted octanol–water partition coefficient (Wildman–Crippen LogP) is 6.26. The molecule has 0 radical (unpaired) electrons. The smallest absolute Gasteiger partial charge is 0.251 e. The van der Waals surface area contributed by atoms with Gasteiger partial charge in [0.05, 0.1) is 23.7 Å². The molecule has 4 rings (SSSR count). The van der Waals surface area contributed by atoms with E-state index in [0.717, 1.165) is 5.56 Å².